The number of rotatable bonds is 7. The van der Waals surface area contributed by atoms with Crippen LogP contribution in [0.1, 0.15) is 46.2 Å². The van der Waals surface area contributed by atoms with E-state index >= 15 is 0 Å². The van der Waals surface area contributed by atoms with E-state index in [1.165, 1.54) is 31.2 Å². The highest BCUT2D eigenvalue weighted by molar-refractivity contribution is 6.34. The zero-order valence-electron chi connectivity index (χ0n) is 20.5. The van der Waals surface area contributed by atoms with Crippen LogP contribution in [0.4, 0.5) is 36.7 Å². The summed E-state index contributed by atoms with van der Waals surface area (Å²) >= 11 is 11.8. The summed E-state index contributed by atoms with van der Waals surface area (Å²) in [6, 6.07) is 7.38. The van der Waals surface area contributed by atoms with Gasteiger partial charge in [0.2, 0.25) is 5.95 Å². The molecule has 0 spiro atoms. The highest BCUT2D eigenvalue weighted by atomic mass is 35.5. The number of carbonyl (C=O) groups is 1. The van der Waals surface area contributed by atoms with Crippen LogP contribution in [0.15, 0.2) is 41.6 Å². The molecule has 1 unspecified atom stereocenters. The molecular weight excluding hydrogens is 594 g/mol. The number of amides is 1. The van der Waals surface area contributed by atoms with Crippen LogP contribution in [0.25, 0.3) is 0 Å². The fourth-order valence-electron chi connectivity index (χ4n) is 4.09. The van der Waals surface area contributed by atoms with Crippen LogP contribution < -0.4 is 5.32 Å². The topological polar surface area (TPSA) is 81.4 Å². The highest BCUT2D eigenvalue weighted by Gasteiger charge is 2.62. The van der Waals surface area contributed by atoms with E-state index in [9.17, 15) is 35.5 Å². The quantitative estimate of drug-likeness (QED) is 0.289. The van der Waals surface area contributed by atoms with E-state index < -0.39 is 54.8 Å². The molecule has 0 bridgehead atoms. The molecule has 2 aromatic carbocycles. The van der Waals surface area contributed by atoms with Gasteiger partial charge >= 0.3 is 12.1 Å². The summed E-state index contributed by atoms with van der Waals surface area (Å²) in [6.45, 7) is 0.745. The van der Waals surface area contributed by atoms with Gasteiger partial charge in [-0.15, -0.1) is 5.10 Å². The molecule has 3 aromatic rings. The van der Waals surface area contributed by atoms with Gasteiger partial charge in [-0.25, -0.2) is 13.5 Å². The minimum atomic E-state index is -4.91. The second kappa shape index (κ2) is 10.5. The lowest BCUT2D eigenvalue weighted by atomic mass is 9.86. The lowest BCUT2D eigenvalue weighted by molar-refractivity contribution is -0.275. The van der Waals surface area contributed by atoms with E-state index in [0.717, 1.165) is 12.1 Å². The van der Waals surface area contributed by atoms with Gasteiger partial charge < -0.3 is 4.84 Å². The van der Waals surface area contributed by atoms with E-state index in [-0.39, 0.29) is 38.0 Å². The Morgan fingerprint density at radius 3 is 2.33 bits per heavy atom. The molecule has 1 aliphatic heterocycles. The maximum Gasteiger partial charge on any atom is 0.435 e. The van der Waals surface area contributed by atoms with E-state index in [1.54, 1.807) is 0 Å². The van der Waals surface area contributed by atoms with Gasteiger partial charge in [-0.3, -0.25) is 10.1 Å². The first-order chi connectivity index (χ1) is 18.5. The average molecular weight is 612 g/mol. The number of carbonyl (C=O) groups excluding carboxylic acids is 1. The molecule has 16 heteroatoms. The van der Waals surface area contributed by atoms with Crippen LogP contribution in [0.3, 0.4) is 0 Å². The number of oxime groups is 1. The van der Waals surface area contributed by atoms with Gasteiger partial charge in [0.05, 0.1) is 5.71 Å². The molecule has 0 fully saturated rings. The number of hydrogen-bond donors (Lipinski definition) is 1. The zero-order chi connectivity index (χ0) is 29.6. The van der Waals surface area contributed by atoms with Gasteiger partial charge in [0.15, 0.2) is 5.82 Å². The summed E-state index contributed by atoms with van der Waals surface area (Å²) in [4.78, 5) is 21.2. The van der Waals surface area contributed by atoms with Gasteiger partial charge in [-0.05, 0) is 48.4 Å². The molecule has 1 aromatic heterocycles. The van der Waals surface area contributed by atoms with Crippen LogP contribution >= 0.6 is 23.2 Å². The average Bonchev–Trinajstić information content (AvgIpc) is 3.43. The van der Waals surface area contributed by atoms with Crippen LogP contribution in [-0.2, 0) is 22.9 Å². The number of aromatic nitrogens is 3. The summed E-state index contributed by atoms with van der Waals surface area (Å²) < 4.78 is 96.2. The van der Waals surface area contributed by atoms with E-state index in [2.05, 4.69) is 20.6 Å². The zero-order valence-corrected chi connectivity index (χ0v) is 22.0. The third-order valence-corrected chi connectivity index (χ3v) is 6.36. The van der Waals surface area contributed by atoms with Crippen molar-refractivity contribution in [3.05, 3.63) is 74.5 Å². The molecule has 0 saturated carbocycles. The van der Waals surface area contributed by atoms with Gasteiger partial charge in [0, 0.05) is 34.5 Å². The Balaban J connectivity index is 1.58. The third-order valence-electron chi connectivity index (χ3n) is 5.92. The number of nitrogens with one attached hydrogen (secondary N) is 1. The molecule has 4 rings (SSSR count). The predicted molar refractivity (Wildman–Crippen MR) is 131 cm³/mol. The summed E-state index contributed by atoms with van der Waals surface area (Å²) in [5.41, 5.74) is -2.82. The fourth-order valence-corrected chi connectivity index (χ4v) is 4.62. The molecule has 1 aliphatic rings. The SMILES string of the molecule is Cc1cc(C2=NOC(c3cc(Cl)cc(Cl)c3)(C(F)(F)F)C2)ccc1C(=O)Nc1nc(C(C)(F)F)n(CC(F)F)n1. The molecule has 214 valence electrons. The van der Waals surface area contributed by atoms with Gasteiger partial charge in [-0.2, -0.15) is 26.9 Å². The van der Waals surface area contributed by atoms with Crippen molar-refractivity contribution in [3.63, 3.8) is 0 Å². The third kappa shape index (κ3) is 5.87. The Kier molecular flexibility index (Phi) is 7.80. The van der Waals surface area contributed by atoms with E-state index in [4.69, 9.17) is 28.0 Å². The van der Waals surface area contributed by atoms with Crippen LogP contribution in [0, 0.1) is 6.92 Å². The minimum Gasteiger partial charge on any atom is -0.374 e. The number of anilines is 1. The van der Waals surface area contributed by atoms with E-state index in [1.807, 2.05) is 0 Å². The molecule has 1 N–H and O–H groups in total. The second-order valence-electron chi connectivity index (χ2n) is 8.99. The van der Waals surface area contributed by atoms with Crippen molar-refractivity contribution in [2.45, 2.75) is 50.9 Å². The lowest BCUT2D eigenvalue weighted by Gasteiger charge is -2.29. The smallest absolute Gasteiger partial charge is 0.374 e. The predicted octanol–water partition coefficient (Wildman–Crippen LogP) is 7.10. The number of halogens is 9. The van der Waals surface area contributed by atoms with Crippen molar-refractivity contribution in [1.29, 1.82) is 0 Å². The molecule has 1 atom stereocenters. The van der Waals surface area contributed by atoms with Crippen LogP contribution in [0.5, 0.6) is 0 Å². The molecule has 7 nitrogen and oxygen atoms in total. The molecule has 0 radical (unpaired) electrons. The standard InChI is InChI=1S/C24H18Cl2F7N5O2/c1-11-5-12(17-9-23(40-37-17,24(31,32)33)13-6-14(25)8-15(26)7-13)3-4-16(11)19(39)34-21-35-20(22(2,29)30)38(36-21)10-18(27)28/h3-8,18H,9-10H2,1-2H3,(H,34,36,39). The summed E-state index contributed by atoms with van der Waals surface area (Å²) in [7, 11) is 0. The first-order valence-electron chi connectivity index (χ1n) is 11.3. The van der Waals surface area contributed by atoms with Crippen LogP contribution in [-0.4, -0.2) is 39.0 Å². The van der Waals surface area contributed by atoms with Crippen molar-refractivity contribution < 1.29 is 40.4 Å². The summed E-state index contributed by atoms with van der Waals surface area (Å²) in [6.07, 6.45) is -8.64. The first-order valence-corrected chi connectivity index (χ1v) is 12.1. The second-order valence-corrected chi connectivity index (χ2v) is 9.87. The maximum atomic E-state index is 14.2. The molecule has 2 heterocycles. The van der Waals surface area contributed by atoms with Crippen LogP contribution in [0.2, 0.25) is 10.0 Å². The van der Waals surface area contributed by atoms with Crippen molar-refractivity contribution in [3.8, 4) is 0 Å². The summed E-state index contributed by atoms with van der Waals surface area (Å²) in [5.74, 6) is -6.18. The van der Waals surface area contributed by atoms with Crippen molar-refractivity contribution in [2.24, 2.45) is 5.16 Å². The van der Waals surface area contributed by atoms with Crippen molar-refractivity contribution >= 4 is 40.8 Å². The normalized spacial score (nSPS) is 17.6. The van der Waals surface area contributed by atoms with Crippen molar-refractivity contribution in [1.82, 2.24) is 14.8 Å². The molecule has 0 aliphatic carbocycles. The molecule has 1 amide bonds. The Morgan fingerprint density at radius 2 is 1.77 bits per heavy atom. The molecular formula is C24H18Cl2F7N5O2. The Hall–Kier alpha value is -3.39. The Morgan fingerprint density at radius 1 is 1.12 bits per heavy atom. The highest BCUT2D eigenvalue weighted by Crippen LogP contribution is 2.49. The maximum absolute atomic E-state index is 14.2. The fraction of sp³-hybridized carbons (Fsp3) is 0.333. The summed E-state index contributed by atoms with van der Waals surface area (Å²) in [5, 5.41) is 9.29. The number of aryl methyl sites for hydroxylation is 1. The number of hydrogen-bond acceptors (Lipinski definition) is 5. The molecule has 40 heavy (non-hydrogen) atoms. The van der Waals surface area contributed by atoms with Gasteiger partial charge in [0.1, 0.15) is 6.54 Å². The molecule has 0 saturated heterocycles. The Bertz CT molecular complexity index is 1470. The van der Waals surface area contributed by atoms with Gasteiger partial charge in [-0.1, -0.05) is 34.4 Å². The lowest BCUT2D eigenvalue weighted by Crippen LogP contribution is -2.42. The first kappa shape index (κ1) is 29.6. The van der Waals surface area contributed by atoms with Crippen molar-refractivity contribution in [2.75, 3.05) is 5.32 Å². The van der Waals surface area contributed by atoms with E-state index in [0.29, 0.717) is 11.6 Å². The van der Waals surface area contributed by atoms with Gasteiger partial charge in [0.25, 0.3) is 17.9 Å². The Labute approximate surface area is 231 Å². The number of nitrogens with zero attached hydrogens (tertiary/aromatic N) is 4. The minimum absolute atomic E-state index is 0.0120. The number of alkyl halides is 7. The number of benzene rings is 2. The largest absolute Gasteiger partial charge is 0.435 e. The monoisotopic (exact) mass is 611 g/mol.